The van der Waals surface area contributed by atoms with Crippen LogP contribution in [0.4, 0.5) is 13.2 Å². The fourth-order valence-corrected chi connectivity index (χ4v) is 1.40. The molecule has 0 atom stereocenters. The lowest BCUT2D eigenvalue weighted by atomic mass is 10.0. The normalized spacial score (nSPS) is 12.8. The summed E-state index contributed by atoms with van der Waals surface area (Å²) in [6.07, 6.45) is 2.43. The highest BCUT2D eigenvalue weighted by atomic mass is 19.4. The van der Waals surface area contributed by atoms with E-state index in [4.69, 9.17) is 0 Å². The van der Waals surface area contributed by atoms with Gasteiger partial charge in [0.05, 0.1) is 0 Å². The topological polar surface area (TPSA) is 9.23 Å². The number of rotatable bonds is 4. The van der Waals surface area contributed by atoms with Crippen molar-refractivity contribution in [1.29, 1.82) is 0 Å². The predicted octanol–water partition coefficient (Wildman–Crippen LogP) is 4.73. The van der Waals surface area contributed by atoms with Crippen LogP contribution in [0.5, 0.6) is 5.75 Å². The summed E-state index contributed by atoms with van der Waals surface area (Å²) < 4.78 is 39.8. The third-order valence-corrected chi connectivity index (χ3v) is 2.06. The molecule has 4 heteroatoms. The zero-order valence-corrected chi connectivity index (χ0v) is 9.87. The van der Waals surface area contributed by atoms with Gasteiger partial charge in [-0.05, 0) is 30.2 Å². The molecule has 18 heavy (non-hydrogen) atoms. The van der Waals surface area contributed by atoms with Crippen LogP contribution < -0.4 is 4.74 Å². The molecule has 0 heterocycles. The molecule has 0 aromatic heterocycles. The molecule has 1 aromatic carbocycles. The first-order chi connectivity index (χ1) is 8.46. The molecule has 0 aliphatic carbocycles. The number of hydrogen-bond donors (Lipinski definition) is 0. The minimum Gasteiger partial charge on any atom is -0.406 e. The van der Waals surface area contributed by atoms with Crippen molar-refractivity contribution in [1.82, 2.24) is 0 Å². The summed E-state index contributed by atoms with van der Waals surface area (Å²) in [5.41, 5.74) is 1.66. The Labute approximate surface area is 104 Å². The van der Waals surface area contributed by atoms with Crippen LogP contribution in [0.25, 0.3) is 5.57 Å². The summed E-state index contributed by atoms with van der Waals surface area (Å²) in [7, 11) is 0. The molecule has 1 aromatic rings. The average Bonchev–Trinajstić information content (AvgIpc) is 2.28. The van der Waals surface area contributed by atoms with Crippen LogP contribution in [0, 0.1) is 0 Å². The van der Waals surface area contributed by atoms with Gasteiger partial charge in [-0.15, -0.1) is 13.2 Å². The number of allylic oxidation sites excluding steroid dienone is 5. The van der Waals surface area contributed by atoms with E-state index in [0.717, 1.165) is 11.1 Å². The second-order valence-corrected chi connectivity index (χ2v) is 3.43. The zero-order valence-electron chi connectivity index (χ0n) is 9.87. The Morgan fingerprint density at radius 3 is 2.28 bits per heavy atom. The van der Waals surface area contributed by atoms with E-state index in [2.05, 4.69) is 11.3 Å². The van der Waals surface area contributed by atoms with E-state index in [0.29, 0.717) is 0 Å². The third-order valence-electron chi connectivity index (χ3n) is 2.06. The molecular weight excluding hydrogens is 241 g/mol. The van der Waals surface area contributed by atoms with Gasteiger partial charge in [0.25, 0.3) is 0 Å². The van der Waals surface area contributed by atoms with Crippen LogP contribution in [0.2, 0.25) is 0 Å². The summed E-state index contributed by atoms with van der Waals surface area (Å²) in [5, 5.41) is 0. The largest absolute Gasteiger partial charge is 0.573 e. The number of hydrogen-bond acceptors (Lipinski definition) is 1. The molecule has 0 saturated heterocycles. The maximum absolute atomic E-state index is 12.0. The average molecular weight is 254 g/mol. The number of alkyl halides is 3. The van der Waals surface area contributed by atoms with Crippen LogP contribution in [-0.4, -0.2) is 6.36 Å². The maximum atomic E-state index is 12.0. The van der Waals surface area contributed by atoms with Gasteiger partial charge in [-0.2, -0.15) is 0 Å². The molecule has 0 fully saturated rings. The van der Waals surface area contributed by atoms with Gasteiger partial charge in [-0.3, -0.25) is 0 Å². The predicted molar refractivity (Wildman–Crippen MR) is 66.1 cm³/mol. The van der Waals surface area contributed by atoms with Gasteiger partial charge in [-0.25, -0.2) is 0 Å². The SMILES string of the molecule is C=C/C=C(\C=C/C)c1ccc(OC(F)(F)F)cc1. The van der Waals surface area contributed by atoms with Gasteiger partial charge in [0.15, 0.2) is 0 Å². The second kappa shape index (κ2) is 6.10. The van der Waals surface area contributed by atoms with E-state index in [9.17, 15) is 13.2 Å². The van der Waals surface area contributed by atoms with E-state index >= 15 is 0 Å². The molecule has 1 rings (SSSR count). The summed E-state index contributed by atoms with van der Waals surface area (Å²) in [6, 6.07) is 5.69. The van der Waals surface area contributed by atoms with Crippen LogP contribution in [-0.2, 0) is 0 Å². The van der Waals surface area contributed by atoms with E-state index in [-0.39, 0.29) is 5.75 Å². The fraction of sp³-hybridized carbons (Fsp3) is 0.143. The molecule has 0 N–H and O–H groups in total. The van der Waals surface area contributed by atoms with Gasteiger partial charge < -0.3 is 4.74 Å². The molecule has 0 spiro atoms. The Hall–Kier alpha value is -1.97. The third kappa shape index (κ3) is 4.49. The van der Waals surface area contributed by atoms with Crippen LogP contribution in [0.3, 0.4) is 0 Å². The Balaban J connectivity index is 2.94. The molecule has 0 radical (unpaired) electrons. The summed E-state index contributed by atoms with van der Waals surface area (Å²) >= 11 is 0. The monoisotopic (exact) mass is 254 g/mol. The van der Waals surface area contributed by atoms with Gasteiger partial charge >= 0.3 is 6.36 Å². The van der Waals surface area contributed by atoms with Crippen molar-refractivity contribution >= 4 is 5.57 Å². The highest BCUT2D eigenvalue weighted by Crippen LogP contribution is 2.25. The van der Waals surface area contributed by atoms with Crippen LogP contribution in [0.1, 0.15) is 12.5 Å². The second-order valence-electron chi connectivity index (χ2n) is 3.43. The quantitative estimate of drug-likeness (QED) is 0.706. The Kier molecular flexibility index (Phi) is 4.77. The molecular formula is C14H13F3O. The van der Waals surface area contributed by atoms with Crippen LogP contribution >= 0.6 is 0 Å². The lowest BCUT2D eigenvalue weighted by Crippen LogP contribution is -2.16. The van der Waals surface area contributed by atoms with Gasteiger partial charge in [0.2, 0.25) is 0 Å². The van der Waals surface area contributed by atoms with Crippen molar-refractivity contribution in [2.24, 2.45) is 0 Å². The molecule has 0 aliphatic rings. The maximum Gasteiger partial charge on any atom is 0.573 e. The first-order valence-electron chi connectivity index (χ1n) is 5.28. The first-order valence-corrected chi connectivity index (χ1v) is 5.28. The van der Waals surface area contributed by atoms with Crippen molar-refractivity contribution in [3.8, 4) is 5.75 Å². The van der Waals surface area contributed by atoms with Gasteiger partial charge in [0, 0.05) is 0 Å². The van der Waals surface area contributed by atoms with Crippen molar-refractivity contribution < 1.29 is 17.9 Å². The van der Waals surface area contributed by atoms with Crippen molar-refractivity contribution in [3.05, 3.63) is 60.7 Å². The lowest BCUT2D eigenvalue weighted by molar-refractivity contribution is -0.274. The Morgan fingerprint density at radius 2 is 1.83 bits per heavy atom. The minimum absolute atomic E-state index is 0.232. The number of benzene rings is 1. The molecule has 1 nitrogen and oxygen atoms in total. The van der Waals surface area contributed by atoms with Crippen molar-refractivity contribution in [2.75, 3.05) is 0 Å². The van der Waals surface area contributed by atoms with Crippen molar-refractivity contribution in [2.45, 2.75) is 13.3 Å². The number of ether oxygens (including phenoxy) is 1. The lowest BCUT2D eigenvalue weighted by Gasteiger charge is -2.09. The highest BCUT2D eigenvalue weighted by molar-refractivity contribution is 5.75. The smallest absolute Gasteiger partial charge is 0.406 e. The summed E-state index contributed by atoms with van der Waals surface area (Å²) in [6.45, 7) is 5.45. The molecule has 0 aliphatic heterocycles. The standard InChI is InChI=1S/C14H13F3O/c1-3-5-11(6-4-2)12-7-9-13(10-8-12)18-14(15,16)17/h3-10H,1H2,2H3/b6-4-,11-5+. The fourth-order valence-electron chi connectivity index (χ4n) is 1.40. The molecule has 0 saturated carbocycles. The van der Waals surface area contributed by atoms with Gasteiger partial charge in [-0.1, -0.05) is 43.0 Å². The summed E-state index contributed by atoms with van der Waals surface area (Å²) in [4.78, 5) is 0. The highest BCUT2D eigenvalue weighted by Gasteiger charge is 2.30. The molecule has 96 valence electrons. The first kappa shape index (κ1) is 14.1. The molecule has 0 bridgehead atoms. The summed E-state index contributed by atoms with van der Waals surface area (Å²) in [5.74, 6) is -0.232. The Bertz CT molecular complexity index is 453. The van der Waals surface area contributed by atoms with E-state index in [1.54, 1.807) is 24.3 Å². The number of halogens is 3. The van der Waals surface area contributed by atoms with E-state index < -0.39 is 6.36 Å². The van der Waals surface area contributed by atoms with Gasteiger partial charge in [0.1, 0.15) is 5.75 Å². The van der Waals surface area contributed by atoms with Crippen molar-refractivity contribution in [3.63, 3.8) is 0 Å². The zero-order chi connectivity index (χ0) is 13.6. The van der Waals surface area contributed by atoms with Crippen LogP contribution in [0.15, 0.2) is 55.1 Å². The molecule has 0 unspecified atom stereocenters. The van der Waals surface area contributed by atoms with E-state index in [1.165, 1.54) is 12.1 Å². The minimum atomic E-state index is -4.66. The Morgan fingerprint density at radius 1 is 1.22 bits per heavy atom. The van der Waals surface area contributed by atoms with E-state index in [1.807, 2.05) is 19.1 Å². The molecule has 0 amide bonds.